The summed E-state index contributed by atoms with van der Waals surface area (Å²) in [6.07, 6.45) is -1.37. The molecule has 136 valence electrons. The van der Waals surface area contributed by atoms with Crippen LogP contribution in [0.5, 0.6) is 11.5 Å². The largest absolute Gasteiger partial charge is 0.456 e. The highest BCUT2D eigenvalue weighted by Gasteiger charge is 2.42. The van der Waals surface area contributed by atoms with E-state index in [0.717, 1.165) is 16.2 Å². The highest BCUT2D eigenvalue weighted by molar-refractivity contribution is 7.91. The number of fused-ring (bicyclic) bond motifs is 2. The van der Waals surface area contributed by atoms with Crippen LogP contribution < -0.4 is 4.74 Å². The maximum Gasteiger partial charge on any atom is 0.256 e. The molecule has 3 nitrogen and oxygen atoms in total. The van der Waals surface area contributed by atoms with Gasteiger partial charge in [0.25, 0.3) is 5.92 Å². The van der Waals surface area contributed by atoms with Crippen LogP contribution in [0.3, 0.4) is 0 Å². The number of sulfone groups is 1. The minimum atomic E-state index is -4.24. The molecule has 0 saturated carbocycles. The molecule has 2 aromatic carbocycles. The van der Waals surface area contributed by atoms with Gasteiger partial charge < -0.3 is 4.74 Å². The number of ether oxygens (including phenoxy) is 1. The zero-order chi connectivity index (χ0) is 18.5. The van der Waals surface area contributed by atoms with E-state index in [0.29, 0.717) is 5.75 Å². The highest BCUT2D eigenvalue weighted by atomic mass is 32.2. The molecular formula is C18H13F3O3S2. The van der Waals surface area contributed by atoms with Gasteiger partial charge >= 0.3 is 0 Å². The maximum absolute atomic E-state index is 14.0. The summed E-state index contributed by atoms with van der Waals surface area (Å²) in [7, 11) is -4.24. The number of hydrogen-bond acceptors (Lipinski definition) is 4. The number of hydrogen-bond donors (Lipinski definition) is 0. The molecule has 1 aromatic heterocycles. The predicted octanol–water partition coefficient (Wildman–Crippen LogP) is 5.13. The van der Waals surface area contributed by atoms with Gasteiger partial charge in [-0.3, -0.25) is 0 Å². The van der Waals surface area contributed by atoms with Crippen molar-refractivity contribution in [3.05, 3.63) is 52.9 Å². The molecule has 8 heteroatoms. The number of halogens is 3. The van der Waals surface area contributed by atoms with Gasteiger partial charge in [0, 0.05) is 28.5 Å². The second kappa shape index (κ2) is 5.99. The first kappa shape index (κ1) is 17.4. The van der Waals surface area contributed by atoms with Crippen molar-refractivity contribution in [1.29, 1.82) is 0 Å². The van der Waals surface area contributed by atoms with E-state index >= 15 is 0 Å². The average Bonchev–Trinajstić information content (AvgIpc) is 3.18. The first-order chi connectivity index (χ1) is 12.3. The Balaban J connectivity index is 1.84. The van der Waals surface area contributed by atoms with Crippen LogP contribution in [0, 0.1) is 0 Å². The molecular weight excluding hydrogens is 385 g/mol. The minimum absolute atomic E-state index is 0.0531. The third kappa shape index (κ3) is 2.87. The van der Waals surface area contributed by atoms with E-state index < -0.39 is 34.6 Å². The van der Waals surface area contributed by atoms with E-state index in [4.69, 9.17) is 4.74 Å². The Bertz CT molecular complexity index is 1100. The number of benzene rings is 2. The van der Waals surface area contributed by atoms with Crippen molar-refractivity contribution in [3.8, 4) is 11.5 Å². The summed E-state index contributed by atoms with van der Waals surface area (Å²) in [4.78, 5) is -0.381. The summed E-state index contributed by atoms with van der Waals surface area (Å²) < 4.78 is 71.6. The Labute approximate surface area is 152 Å². The van der Waals surface area contributed by atoms with Crippen molar-refractivity contribution in [1.82, 2.24) is 0 Å². The molecule has 1 heterocycles. The Morgan fingerprint density at radius 1 is 1.04 bits per heavy atom. The van der Waals surface area contributed by atoms with Crippen LogP contribution in [0.25, 0.3) is 10.1 Å². The van der Waals surface area contributed by atoms with Crippen LogP contribution in [0.4, 0.5) is 13.2 Å². The van der Waals surface area contributed by atoms with Crippen LogP contribution in [0.1, 0.15) is 11.1 Å². The SMILES string of the molecule is O=S(=O)(CF)c1ccc(Oc2cccc3sccc23)c2c1CC(F)(F)C2. The predicted molar refractivity (Wildman–Crippen MR) is 93.9 cm³/mol. The van der Waals surface area contributed by atoms with Gasteiger partial charge in [-0.2, -0.15) is 0 Å². The first-order valence-corrected chi connectivity index (χ1v) is 10.3. The van der Waals surface area contributed by atoms with Gasteiger partial charge in [-0.05, 0) is 41.3 Å². The summed E-state index contributed by atoms with van der Waals surface area (Å²) in [5.74, 6) is -2.41. The molecule has 0 amide bonds. The standard InChI is InChI=1S/C18H13F3O3S2/c19-10-26(22,23)17-5-4-15(12-8-18(20,21)9-13(12)17)24-14-2-1-3-16-11(14)6-7-25-16/h1-7H,8-10H2. The molecule has 0 bridgehead atoms. The van der Waals surface area contributed by atoms with Crippen LogP contribution in [0.2, 0.25) is 0 Å². The molecule has 26 heavy (non-hydrogen) atoms. The van der Waals surface area contributed by atoms with Crippen molar-refractivity contribution >= 4 is 31.3 Å². The van der Waals surface area contributed by atoms with Gasteiger partial charge in [0.1, 0.15) is 11.5 Å². The van der Waals surface area contributed by atoms with Gasteiger partial charge in [-0.25, -0.2) is 21.6 Å². The molecule has 4 rings (SSSR count). The molecule has 0 unspecified atom stereocenters. The summed E-state index contributed by atoms with van der Waals surface area (Å²) >= 11 is 1.53. The zero-order valence-corrected chi connectivity index (χ0v) is 15.0. The number of rotatable bonds is 4. The van der Waals surface area contributed by atoms with Crippen LogP contribution in [-0.4, -0.2) is 20.3 Å². The van der Waals surface area contributed by atoms with Crippen molar-refractivity contribution in [2.45, 2.75) is 23.7 Å². The van der Waals surface area contributed by atoms with Gasteiger partial charge in [-0.1, -0.05) is 6.07 Å². The van der Waals surface area contributed by atoms with Crippen molar-refractivity contribution in [2.24, 2.45) is 0 Å². The number of alkyl halides is 3. The quantitative estimate of drug-likeness (QED) is 0.612. The van der Waals surface area contributed by atoms with Gasteiger partial charge in [0.05, 0.1) is 4.90 Å². The first-order valence-electron chi connectivity index (χ1n) is 7.76. The van der Waals surface area contributed by atoms with Crippen molar-refractivity contribution in [2.75, 3.05) is 6.01 Å². The summed E-state index contributed by atoms with van der Waals surface area (Å²) in [5, 5.41) is 2.74. The van der Waals surface area contributed by atoms with Gasteiger partial charge in [-0.15, -0.1) is 11.3 Å². The normalized spacial score (nSPS) is 16.0. The van der Waals surface area contributed by atoms with E-state index in [1.807, 2.05) is 17.5 Å². The Morgan fingerprint density at radius 3 is 2.58 bits per heavy atom. The van der Waals surface area contributed by atoms with E-state index in [-0.39, 0.29) is 21.8 Å². The lowest BCUT2D eigenvalue weighted by Crippen LogP contribution is -2.15. The molecule has 1 aliphatic carbocycles. The van der Waals surface area contributed by atoms with E-state index in [2.05, 4.69) is 0 Å². The minimum Gasteiger partial charge on any atom is -0.456 e. The summed E-state index contributed by atoms with van der Waals surface area (Å²) in [6, 6.07) is 8.16. The average molecular weight is 398 g/mol. The summed E-state index contributed by atoms with van der Waals surface area (Å²) in [6.45, 7) is 0. The number of thiophene rings is 1. The molecule has 0 N–H and O–H groups in total. The molecule has 1 aliphatic rings. The van der Waals surface area contributed by atoms with Crippen LogP contribution in [0.15, 0.2) is 46.7 Å². The molecule has 0 atom stereocenters. The molecule has 0 saturated heterocycles. The topological polar surface area (TPSA) is 43.4 Å². The van der Waals surface area contributed by atoms with Crippen molar-refractivity contribution in [3.63, 3.8) is 0 Å². The monoisotopic (exact) mass is 398 g/mol. The Kier molecular flexibility index (Phi) is 4.00. The fourth-order valence-corrected chi connectivity index (χ4v) is 5.00. The fourth-order valence-electron chi connectivity index (χ4n) is 3.24. The molecule has 0 spiro atoms. The molecule has 0 aliphatic heterocycles. The van der Waals surface area contributed by atoms with Gasteiger partial charge in [0.2, 0.25) is 9.84 Å². The highest BCUT2D eigenvalue weighted by Crippen LogP contribution is 2.44. The van der Waals surface area contributed by atoms with E-state index in [9.17, 15) is 21.6 Å². The molecule has 3 aromatic rings. The third-order valence-electron chi connectivity index (χ3n) is 4.37. The Hall–Kier alpha value is -2.06. The van der Waals surface area contributed by atoms with E-state index in [1.165, 1.54) is 17.4 Å². The molecule has 0 fully saturated rings. The lowest BCUT2D eigenvalue weighted by molar-refractivity contribution is 0.0125. The van der Waals surface area contributed by atoms with E-state index in [1.54, 1.807) is 12.1 Å². The third-order valence-corrected chi connectivity index (χ3v) is 6.59. The second-order valence-electron chi connectivity index (χ2n) is 6.14. The fraction of sp³-hybridized carbons (Fsp3) is 0.222. The summed E-state index contributed by atoms with van der Waals surface area (Å²) in [5.41, 5.74) is 0.0689. The zero-order valence-electron chi connectivity index (χ0n) is 13.3. The lowest BCUT2D eigenvalue weighted by Gasteiger charge is -2.13. The molecule has 0 radical (unpaired) electrons. The second-order valence-corrected chi connectivity index (χ2v) is 8.98. The van der Waals surface area contributed by atoms with Crippen LogP contribution >= 0.6 is 11.3 Å². The van der Waals surface area contributed by atoms with Crippen LogP contribution in [-0.2, 0) is 22.7 Å². The lowest BCUT2D eigenvalue weighted by atomic mass is 10.1. The Morgan fingerprint density at radius 2 is 1.81 bits per heavy atom. The smallest absolute Gasteiger partial charge is 0.256 e. The van der Waals surface area contributed by atoms with Gasteiger partial charge in [0.15, 0.2) is 6.01 Å². The maximum atomic E-state index is 14.0. The van der Waals surface area contributed by atoms with Crippen molar-refractivity contribution < 1.29 is 26.3 Å².